The van der Waals surface area contributed by atoms with Crippen LogP contribution in [0.3, 0.4) is 0 Å². The molecule has 4 heteroatoms. The van der Waals surface area contributed by atoms with Gasteiger partial charge in [0.1, 0.15) is 0 Å². The fraction of sp³-hybridized carbons (Fsp3) is 0.476. The Hall–Kier alpha value is -1.58. The van der Waals surface area contributed by atoms with Gasteiger partial charge in [-0.25, -0.2) is 4.79 Å². The molecule has 6 unspecified atom stereocenters. The average molecular weight is 357 g/mol. The molecule has 4 bridgehead atoms. The van der Waals surface area contributed by atoms with Crippen LogP contribution < -0.4 is 0 Å². The molecule has 2 fully saturated rings. The summed E-state index contributed by atoms with van der Waals surface area (Å²) in [6.07, 6.45) is 12.4. The van der Waals surface area contributed by atoms with Gasteiger partial charge in [-0.2, -0.15) is 5.26 Å². The lowest BCUT2D eigenvalue weighted by Crippen LogP contribution is -2.23. The van der Waals surface area contributed by atoms with Crippen molar-refractivity contribution in [2.24, 2.45) is 35.5 Å². The highest BCUT2D eigenvalue weighted by Gasteiger charge is 2.49. The largest absolute Gasteiger partial charge is 0.373 e. The fourth-order valence-corrected chi connectivity index (χ4v) is 6.19. The third-order valence-electron chi connectivity index (χ3n) is 6.97. The van der Waals surface area contributed by atoms with Crippen molar-refractivity contribution in [3.63, 3.8) is 0 Å². The van der Waals surface area contributed by atoms with Crippen molar-refractivity contribution >= 4 is 23.1 Å². The number of allylic oxidation sites excluding steroid dienone is 4. The van der Waals surface area contributed by atoms with Crippen LogP contribution in [-0.2, 0) is 4.89 Å². The SMILES string of the molecule is O=C(OO)c1cc(Cl)ccc1C1=CC2CC1CC2C1CC2C=CC1C2. The van der Waals surface area contributed by atoms with Crippen LogP contribution in [0.5, 0.6) is 0 Å². The van der Waals surface area contributed by atoms with Crippen LogP contribution >= 0.6 is 11.6 Å². The molecule has 0 amide bonds. The van der Waals surface area contributed by atoms with Gasteiger partial charge in [-0.05, 0) is 84.5 Å². The van der Waals surface area contributed by atoms with Crippen molar-refractivity contribution in [3.8, 4) is 0 Å². The Morgan fingerprint density at radius 1 is 1.08 bits per heavy atom. The van der Waals surface area contributed by atoms with E-state index in [-0.39, 0.29) is 0 Å². The van der Waals surface area contributed by atoms with E-state index in [2.05, 4.69) is 23.1 Å². The molecule has 0 saturated heterocycles. The third kappa shape index (κ3) is 2.40. The van der Waals surface area contributed by atoms with E-state index in [0.717, 1.165) is 29.2 Å². The van der Waals surface area contributed by atoms with Crippen LogP contribution in [0.15, 0.2) is 36.4 Å². The second-order valence-corrected chi connectivity index (χ2v) is 8.57. The number of fused-ring (bicyclic) bond motifs is 4. The lowest BCUT2D eigenvalue weighted by Gasteiger charge is -2.31. The lowest BCUT2D eigenvalue weighted by atomic mass is 9.73. The Kier molecular flexibility index (Phi) is 3.58. The van der Waals surface area contributed by atoms with Crippen LogP contribution in [-0.4, -0.2) is 11.2 Å². The van der Waals surface area contributed by atoms with Crippen molar-refractivity contribution < 1.29 is 14.9 Å². The van der Waals surface area contributed by atoms with Crippen LogP contribution in [0.4, 0.5) is 0 Å². The summed E-state index contributed by atoms with van der Waals surface area (Å²) in [6.45, 7) is 0. The van der Waals surface area contributed by atoms with Crippen LogP contribution in [0.25, 0.3) is 5.57 Å². The highest BCUT2D eigenvalue weighted by molar-refractivity contribution is 6.31. The monoisotopic (exact) mass is 356 g/mol. The van der Waals surface area contributed by atoms with Crippen molar-refractivity contribution in [1.29, 1.82) is 0 Å². The zero-order chi connectivity index (χ0) is 17.1. The summed E-state index contributed by atoms with van der Waals surface area (Å²) in [6, 6.07) is 5.27. The minimum atomic E-state index is -0.740. The van der Waals surface area contributed by atoms with E-state index in [9.17, 15) is 4.79 Å². The minimum absolute atomic E-state index is 0.355. The van der Waals surface area contributed by atoms with Crippen LogP contribution in [0, 0.1) is 35.5 Å². The predicted molar refractivity (Wildman–Crippen MR) is 96.0 cm³/mol. The van der Waals surface area contributed by atoms with E-state index in [1.165, 1.54) is 31.3 Å². The van der Waals surface area contributed by atoms with Gasteiger partial charge in [0.2, 0.25) is 0 Å². The number of carbonyl (C=O) groups excluding carboxylic acids is 1. The van der Waals surface area contributed by atoms with Crippen LogP contribution in [0.2, 0.25) is 5.02 Å². The van der Waals surface area contributed by atoms with Crippen LogP contribution in [0.1, 0.15) is 41.6 Å². The van der Waals surface area contributed by atoms with Gasteiger partial charge in [-0.1, -0.05) is 35.9 Å². The normalized spacial score (nSPS) is 37.6. The molecule has 25 heavy (non-hydrogen) atoms. The molecule has 0 heterocycles. The van der Waals surface area contributed by atoms with E-state index < -0.39 is 5.97 Å². The minimum Gasteiger partial charge on any atom is -0.295 e. The molecule has 1 aromatic rings. The first kappa shape index (κ1) is 15.7. The number of rotatable bonds is 3. The van der Waals surface area contributed by atoms with Gasteiger partial charge in [0.25, 0.3) is 0 Å². The first-order chi connectivity index (χ1) is 12.1. The smallest absolute Gasteiger partial charge is 0.295 e. The van der Waals surface area contributed by atoms with Gasteiger partial charge < -0.3 is 0 Å². The first-order valence-electron chi connectivity index (χ1n) is 9.19. The van der Waals surface area contributed by atoms with E-state index >= 15 is 0 Å². The summed E-state index contributed by atoms with van der Waals surface area (Å²) in [7, 11) is 0. The van der Waals surface area contributed by atoms with E-state index in [1.807, 2.05) is 6.07 Å². The maximum Gasteiger partial charge on any atom is 0.373 e. The fourth-order valence-electron chi connectivity index (χ4n) is 6.02. The quantitative estimate of drug-likeness (QED) is 0.458. The number of benzene rings is 1. The zero-order valence-corrected chi connectivity index (χ0v) is 14.7. The molecule has 0 aromatic heterocycles. The summed E-state index contributed by atoms with van der Waals surface area (Å²) < 4.78 is 0. The molecule has 6 atom stereocenters. The first-order valence-corrected chi connectivity index (χ1v) is 9.57. The molecule has 3 nitrogen and oxygen atoms in total. The van der Waals surface area contributed by atoms with E-state index in [4.69, 9.17) is 16.9 Å². The van der Waals surface area contributed by atoms with Crippen molar-refractivity contribution in [2.75, 3.05) is 0 Å². The Morgan fingerprint density at radius 2 is 1.92 bits per heavy atom. The van der Waals surface area contributed by atoms with Crippen molar-refractivity contribution in [3.05, 3.63) is 52.6 Å². The molecule has 1 N–H and O–H groups in total. The Balaban J connectivity index is 1.44. The second-order valence-electron chi connectivity index (χ2n) is 8.13. The molecule has 2 saturated carbocycles. The van der Waals surface area contributed by atoms with E-state index in [0.29, 0.717) is 22.4 Å². The summed E-state index contributed by atoms with van der Waals surface area (Å²) in [5.41, 5.74) is 2.45. The molecule has 0 radical (unpaired) electrons. The molecule has 4 aliphatic carbocycles. The maximum absolute atomic E-state index is 11.9. The summed E-state index contributed by atoms with van der Waals surface area (Å²) in [5, 5.41) is 9.28. The zero-order valence-electron chi connectivity index (χ0n) is 13.9. The molecule has 130 valence electrons. The van der Waals surface area contributed by atoms with Crippen molar-refractivity contribution in [1.82, 2.24) is 0 Å². The predicted octanol–water partition coefficient (Wildman–Crippen LogP) is 5.22. The summed E-state index contributed by atoms with van der Waals surface area (Å²) in [4.78, 5) is 15.9. The maximum atomic E-state index is 11.9. The molecule has 5 rings (SSSR count). The summed E-state index contributed by atoms with van der Waals surface area (Å²) in [5.74, 6) is 3.62. The topological polar surface area (TPSA) is 46.5 Å². The Morgan fingerprint density at radius 3 is 2.56 bits per heavy atom. The Labute approximate surface area is 152 Å². The molecule has 0 spiro atoms. The second kappa shape index (κ2) is 5.72. The third-order valence-corrected chi connectivity index (χ3v) is 7.21. The van der Waals surface area contributed by atoms with Gasteiger partial charge in [0.15, 0.2) is 0 Å². The molecule has 1 aromatic carbocycles. The molecule has 0 aliphatic heterocycles. The van der Waals surface area contributed by atoms with Gasteiger partial charge >= 0.3 is 5.97 Å². The number of hydrogen-bond donors (Lipinski definition) is 1. The summed E-state index contributed by atoms with van der Waals surface area (Å²) >= 11 is 6.03. The molecule has 4 aliphatic rings. The number of hydrogen-bond acceptors (Lipinski definition) is 3. The average Bonchev–Trinajstić information content (AvgIpc) is 3.40. The van der Waals surface area contributed by atoms with E-state index in [1.54, 1.807) is 12.1 Å². The number of carbonyl (C=O) groups is 1. The number of halogens is 1. The van der Waals surface area contributed by atoms with Gasteiger partial charge in [-0.15, -0.1) is 0 Å². The highest BCUT2D eigenvalue weighted by Crippen LogP contribution is 2.59. The van der Waals surface area contributed by atoms with Crippen molar-refractivity contribution in [2.45, 2.75) is 25.7 Å². The Bertz CT molecular complexity index is 796. The van der Waals surface area contributed by atoms with Gasteiger partial charge in [0.05, 0.1) is 5.56 Å². The lowest BCUT2D eigenvalue weighted by molar-refractivity contribution is -0.182. The molecular formula is C21H21ClO3. The highest BCUT2D eigenvalue weighted by atomic mass is 35.5. The van der Waals surface area contributed by atoms with Gasteiger partial charge in [-0.3, -0.25) is 4.89 Å². The van der Waals surface area contributed by atoms with Gasteiger partial charge in [0, 0.05) is 5.02 Å². The molecular weight excluding hydrogens is 336 g/mol. The standard InChI is InChI=1S/C21H21ClO3/c22-15-3-4-16(20(10-15)21(23)25-24)18-8-14-7-13(18)9-19(14)17-6-11-1-2-12(17)5-11/h1-4,8,10-14,17,19,24H,5-7,9H2.